The zero-order chi connectivity index (χ0) is 21.3. The smallest absolute Gasteiger partial charge is 0.266 e. The van der Waals surface area contributed by atoms with Gasteiger partial charge in [0.05, 0.1) is 11.5 Å². The second kappa shape index (κ2) is 12.7. The van der Waals surface area contributed by atoms with E-state index in [-0.39, 0.29) is 18.8 Å². The highest BCUT2D eigenvalue weighted by molar-refractivity contribution is 7.86. The first kappa shape index (κ1) is 27.2. The van der Waals surface area contributed by atoms with Crippen molar-refractivity contribution < 1.29 is 34.7 Å². The first-order chi connectivity index (χ1) is 12.2. The zero-order valence-corrected chi connectivity index (χ0v) is 19.1. The molecule has 0 aromatic heterocycles. The van der Waals surface area contributed by atoms with Crippen LogP contribution in [-0.2, 0) is 31.3 Å². The Hall–Kier alpha value is 0.240. The number of rotatable bonds is 15. The average Bonchev–Trinajstić information content (AvgIpc) is 2.47. The van der Waals surface area contributed by atoms with Crippen LogP contribution in [0.2, 0.25) is 0 Å². The summed E-state index contributed by atoms with van der Waals surface area (Å²) >= 11 is -2.14. The van der Waals surface area contributed by atoms with E-state index in [4.69, 9.17) is 9.11 Å². The van der Waals surface area contributed by atoms with E-state index in [1.54, 1.807) is 30.9 Å². The summed E-state index contributed by atoms with van der Waals surface area (Å²) in [4.78, 5) is 5.38. The standard InChI is InChI=1S/C12H30N3O8PS3/c1-13(4-7-25(16)17)10-24(11-14(2)5-8-26(18,19)20)12-15(3)6-9-27(21,22)23/h4-12H2,1-3H3,(H,16,17)(H,18,19,20)(H,21,22,23)/p-1. The van der Waals surface area contributed by atoms with Gasteiger partial charge >= 0.3 is 0 Å². The predicted molar refractivity (Wildman–Crippen MR) is 106 cm³/mol. The highest BCUT2D eigenvalue weighted by Crippen LogP contribution is 2.36. The van der Waals surface area contributed by atoms with Crippen LogP contribution in [0.15, 0.2) is 0 Å². The molecule has 164 valence electrons. The fraction of sp³-hybridized carbons (Fsp3) is 1.00. The number of hydrogen-bond acceptors (Lipinski definition) is 9. The van der Waals surface area contributed by atoms with Crippen LogP contribution in [0.3, 0.4) is 0 Å². The molecule has 0 heterocycles. The molecule has 0 aliphatic heterocycles. The van der Waals surface area contributed by atoms with Crippen LogP contribution in [0.5, 0.6) is 0 Å². The van der Waals surface area contributed by atoms with Crippen LogP contribution in [0, 0.1) is 0 Å². The van der Waals surface area contributed by atoms with Crippen molar-refractivity contribution in [3.63, 3.8) is 0 Å². The maximum atomic E-state index is 10.9. The van der Waals surface area contributed by atoms with Gasteiger partial charge in [-0.05, 0) is 21.1 Å². The Balaban J connectivity index is 4.79. The molecule has 0 aliphatic carbocycles. The van der Waals surface area contributed by atoms with Crippen molar-refractivity contribution in [1.82, 2.24) is 14.7 Å². The number of nitrogens with zero attached hydrogens (tertiary/aromatic N) is 3. The maximum Gasteiger partial charge on any atom is 0.266 e. The molecule has 11 nitrogen and oxygen atoms in total. The van der Waals surface area contributed by atoms with Gasteiger partial charge in [-0.15, -0.1) is 0 Å². The molecule has 0 fully saturated rings. The van der Waals surface area contributed by atoms with Gasteiger partial charge in [-0.2, -0.15) is 16.8 Å². The molecular formula is C12H29N3O8PS3-. The van der Waals surface area contributed by atoms with E-state index in [0.717, 1.165) is 0 Å². The summed E-state index contributed by atoms with van der Waals surface area (Å²) in [7, 11) is -3.70. The van der Waals surface area contributed by atoms with Gasteiger partial charge in [-0.25, -0.2) is 0 Å². The molecule has 0 bridgehead atoms. The zero-order valence-electron chi connectivity index (χ0n) is 15.7. The van der Waals surface area contributed by atoms with E-state index in [2.05, 4.69) is 0 Å². The van der Waals surface area contributed by atoms with Crippen LogP contribution >= 0.6 is 7.92 Å². The lowest BCUT2D eigenvalue weighted by Gasteiger charge is -2.31. The van der Waals surface area contributed by atoms with Crippen molar-refractivity contribution >= 4 is 39.2 Å². The lowest BCUT2D eigenvalue weighted by atomic mass is 10.7. The van der Waals surface area contributed by atoms with Crippen molar-refractivity contribution in [3.8, 4) is 0 Å². The van der Waals surface area contributed by atoms with Gasteiger partial charge < -0.3 is 19.3 Å². The van der Waals surface area contributed by atoms with E-state index >= 15 is 0 Å². The van der Waals surface area contributed by atoms with Gasteiger partial charge in [0, 0.05) is 44.2 Å². The largest absolute Gasteiger partial charge is 0.772 e. The molecule has 0 aliphatic rings. The molecule has 1 unspecified atom stereocenters. The Morgan fingerprint density at radius 2 is 1.15 bits per heavy atom. The molecule has 0 saturated carbocycles. The lowest BCUT2D eigenvalue weighted by Crippen LogP contribution is -2.33. The molecule has 0 radical (unpaired) electrons. The first-order valence-corrected chi connectivity index (χ1v) is 14.3. The minimum atomic E-state index is -4.06. The van der Waals surface area contributed by atoms with Crippen LogP contribution in [0.4, 0.5) is 0 Å². The minimum absolute atomic E-state index is 0.00311. The summed E-state index contributed by atoms with van der Waals surface area (Å²) in [5.41, 5.74) is 0. The molecular weight excluding hydrogens is 441 g/mol. The Kier molecular flexibility index (Phi) is 12.8. The Bertz CT molecular complexity index is 617. The van der Waals surface area contributed by atoms with Gasteiger partial charge in [-0.3, -0.25) is 13.3 Å². The molecule has 1 atom stereocenters. The van der Waals surface area contributed by atoms with E-state index in [9.17, 15) is 25.6 Å². The minimum Gasteiger partial charge on any atom is -0.772 e. The molecule has 0 aromatic carbocycles. The van der Waals surface area contributed by atoms with E-state index in [0.29, 0.717) is 25.4 Å². The monoisotopic (exact) mass is 470 g/mol. The second-order valence-electron chi connectivity index (χ2n) is 6.41. The van der Waals surface area contributed by atoms with Crippen LogP contribution in [0.1, 0.15) is 0 Å². The maximum absolute atomic E-state index is 10.9. The predicted octanol–water partition coefficient (Wildman–Crippen LogP) is -1.21. The highest BCUT2D eigenvalue weighted by Gasteiger charge is 2.18. The average molecular weight is 471 g/mol. The summed E-state index contributed by atoms with van der Waals surface area (Å²) in [5, 5.41) is 0. The fourth-order valence-electron chi connectivity index (χ4n) is 2.14. The van der Waals surface area contributed by atoms with Gasteiger partial charge in [-0.1, -0.05) is 19.0 Å². The summed E-state index contributed by atoms with van der Waals surface area (Å²) in [5.74, 6) is -0.788. The first-order valence-electron chi connectivity index (χ1n) is 7.92. The number of hydrogen-bond donors (Lipinski definition) is 2. The highest BCUT2D eigenvalue weighted by atomic mass is 32.2. The second-order valence-corrected chi connectivity index (χ2v) is 12.8. The Morgan fingerprint density at radius 3 is 1.44 bits per heavy atom. The van der Waals surface area contributed by atoms with Gasteiger partial charge in [0.1, 0.15) is 0 Å². The summed E-state index contributed by atoms with van der Waals surface area (Å²) in [6.07, 6.45) is 1.61. The van der Waals surface area contributed by atoms with Crippen molar-refractivity contribution in [2.75, 3.05) is 76.9 Å². The quantitative estimate of drug-likeness (QED) is 0.168. The SMILES string of the molecule is CN(CCS(=O)[O-])CP(CN(C)CCS(=O)(=O)O)CN(C)CCS(=O)(=O)O. The molecule has 0 amide bonds. The van der Waals surface area contributed by atoms with E-state index in [1.807, 2.05) is 4.90 Å². The molecule has 15 heteroatoms. The Labute approximate surface area is 165 Å². The van der Waals surface area contributed by atoms with Crippen molar-refractivity contribution in [1.29, 1.82) is 0 Å². The third-order valence-electron chi connectivity index (χ3n) is 3.43. The summed E-state index contributed by atoms with van der Waals surface area (Å²) in [6, 6.07) is 0. The van der Waals surface area contributed by atoms with Crippen LogP contribution < -0.4 is 0 Å². The fourth-order valence-corrected chi connectivity index (χ4v) is 6.43. The van der Waals surface area contributed by atoms with Crippen molar-refractivity contribution in [2.45, 2.75) is 0 Å². The van der Waals surface area contributed by atoms with Crippen molar-refractivity contribution in [3.05, 3.63) is 0 Å². The summed E-state index contributed by atoms with van der Waals surface area (Å²) < 4.78 is 82.7. The van der Waals surface area contributed by atoms with Crippen molar-refractivity contribution in [2.24, 2.45) is 0 Å². The molecule has 0 rings (SSSR count). The third kappa shape index (κ3) is 18.0. The van der Waals surface area contributed by atoms with Crippen LogP contribution in [0.25, 0.3) is 0 Å². The summed E-state index contributed by atoms with van der Waals surface area (Å²) in [6.45, 7) is 0.625. The molecule has 0 spiro atoms. The lowest BCUT2D eigenvalue weighted by molar-refractivity contribution is 0.370. The molecule has 27 heavy (non-hydrogen) atoms. The van der Waals surface area contributed by atoms with Crippen LogP contribution in [-0.4, -0.2) is 126 Å². The normalized spacial score (nSPS) is 14.6. The van der Waals surface area contributed by atoms with Gasteiger partial charge in [0.2, 0.25) is 0 Å². The van der Waals surface area contributed by atoms with Gasteiger partial charge in [0.15, 0.2) is 0 Å². The van der Waals surface area contributed by atoms with E-state index in [1.165, 1.54) is 0 Å². The topological polar surface area (TPSA) is 159 Å². The third-order valence-corrected chi connectivity index (χ3v) is 7.99. The van der Waals surface area contributed by atoms with E-state index < -0.39 is 50.7 Å². The van der Waals surface area contributed by atoms with Gasteiger partial charge in [0.25, 0.3) is 20.2 Å². The molecule has 0 aromatic rings. The Morgan fingerprint density at radius 1 is 0.815 bits per heavy atom. The molecule has 0 saturated heterocycles. The molecule has 2 N–H and O–H groups in total.